The lowest BCUT2D eigenvalue weighted by molar-refractivity contribution is 0.0723. The first-order chi connectivity index (χ1) is 18.4. The van der Waals surface area contributed by atoms with Crippen molar-refractivity contribution in [2.75, 3.05) is 26.9 Å². The van der Waals surface area contributed by atoms with Crippen molar-refractivity contribution in [1.82, 2.24) is 29.2 Å². The van der Waals surface area contributed by atoms with Crippen LogP contribution in [0.25, 0.3) is 33.6 Å². The summed E-state index contributed by atoms with van der Waals surface area (Å²) in [5.41, 5.74) is 9.20. The Bertz CT molecular complexity index is 1680. The van der Waals surface area contributed by atoms with E-state index in [1.807, 2.05) is 22.2 Å². The highest BCUT2D eigenvalue weighted by molar-refractivity contribution is 5.99. The third-order valence-electron chi connectivity index (χ3n) is 6.92. The number of aryl methyl sites for hydroxylation is 1. The SMILES string of the molecule is COc1c(F)ccc2cc(-c3nc4cc5c(nc4n3C)CCN(CC(N)CF)C5=O)n(Cc3ccno3)c12. The Morgan fingerprint density at radius 3 is 2.82 bits per heavy atom. The Labute approximate surface area is 215 Å². The number of pyridine rings is 1. The van der Waals surface area contributed by atoms with Crippen LogP contribution in [0.1, 0.15) is 21.8 Å². The number of nitrogens with zero attached hydrogens (tertiary/aromatic N) is 6. The number of rotatable bonds is 7. The molecule has 1 aliphatic rings. The first kappa shape index (κ1) is 24.0. The second-order valence-corrected chi connectivity index (χ2v) is 9.35. The average molecular weight is 522 g/mol. The van der Waals surface area contributed by atoms with Crippen LogP contribution in [0.2, 0.25) is 0 Å². The van der Waals surface area contributed by atoms with Crippen LogP contribution in [-0.2, 0) is 20.0 Å². The molecule has 38 heavy (non-hydrogen) atoms. The van der Waals surface area contributed by atoms with Crippen LogP contribution in [0.5, 0.6) is 5.75 Å². The van der Waals surface area contributed by atoms with Crippen LogP contribution in [0, 0.1) is 5.82 Å². The third-order valence-corrected chi connectivity index (χ3v) is 6.92. The molecule has 1 amide bonds. The van der Waals surface area contributed by atoms with Gasteiger partial charge in [-0.1, -0.05) is 5.16 Å². The quantitative estimate of drug-likeness (QED) is 0.350. The van der Waals surface area contributed by atoms with Gasteiger partial charge in [0.1, 0.15) is 12.2 Å². The number of aromatic nitrogens is 5. The zero-order valence-corrected chi connectivity index (χ0v) is 20.8. The highest BCUT2D eigenvalue weighted by Gasteiger charge is 2.29. The highest BCUT2D eigenvalue weighted by Crippen LogP contribution is 2.37. The number of hydrogen-bond donors (Lipinski definition) is 1. The molecule has 0 saturated heterocycles. The molecule has 0 saturated carbocycles. The van der Waals surface area contributed by atoms with Crippen LogP contribution in [0.4, 0.5) is 8.78 Å². The topological polar surface area (TPSA) is 117 Å². The molecule has 5 heterocycles. The van der Waals surface area contributed by atoms with E-state index in [1.54, 1.807) is 29.3 Å². The van der Waals surface area contributed by atoms with E-state index in [-0.39, 0.29) is 24.7 Å². The Kier molecular flexibility index (Phi) is 5.83. The van der Waals surface area contributed by atoms with Gasteiger partial charge >= 0.3 is 0 Å². The maximum absolute atomic E-state index is 14.7. The van der Waals surface area contributed by atoms with E-state index in [1.165, 1.54) is 13.2 Å². The maximum atomic E-state index is 14.7. The number of halogens is 2. The van der Waals surface area contributed by atoms with Crippen LogP contribution >= 0.6 is 0 Å². The summed E-state index contributed by atoms with van der Waals surface area (Å²) in [5.74, 6) is 0.518. The first-order valence-corrected chi connectivity index (χ1v) is 12.1. The van der Waals surface area contributed by atoms with Crippen molar-refractivity contribution in [3.05, 3.63) is 59.4 Å². The fourth-order valence-electron chi connectivity index (χ4n) is 5.10. The lowest BCUT2D eigenvalue weighted by atomic mass is 10.0. The number of fused-ring (bicyclic) bond motifs is 3. The average Bonchev–Trinajstić information content (AvgIpc) is 3.64. The van der Waals surface area contributed by atoms with E-state index in [9.17, 15) is 13.6 Å². The third kappa shape index (κ3) is 3.79. The monoisotopic (exact) mass is 521 g/mol. The number of carbonyl (C=O) groups is 1. The van der Waals surface area contributed by atoms with Gasteiger partial charge in [0.05, 0.1) is 48.4 Å². The second-order valence-electron chi connectivity index (χ2n) is 9.35. The molecule has 0 aliphatic carbocycles. The van der Waals surface area contributed by atoms with E-state index in [2.05, 4.69) is 5.16 Å². The molecule has 1 aliphatic heterocycles. The molecule has 10 nitrogen and oxygen atoms in total. The van der Waals surface area contributed by atoms with Crippen LogP contribution in [0.3, 0.4) is 0 Å². The summed E-state index contributed by atoms with van der Waals surface area (Å²) < 4.78 is 42.1. The zero-order chi connectivity index (χ0) is 26.6. The van der Waals surface area contributed by atoms with Gasteiger partial charge in [-0.05, 0) is 24.3 Å². The van der Waals surface area contributed by atoms with Crippen molar-refractivity contribution in [2.24, 2.45) is 12.8 Å². The van der Waals surface area contributed by atoms with Gasteiger partial charge in [-0.2, -0.15) is 0 Å². The summed E-state index contributed by atoms with van der Waals surface area (Å²) in [6.07, 6.45) is 2.07. The molecule has 0 bridgehead atoms. The van der Waals surface area contributed by atoms with Gasteiger partial charge in [-0.15, -0.1) is 0 Å². The molecular formula is C26H25F2N7O3. The Hall–Kier alpha value is -4.32. The zero-order valence-electron chi connectivity index (χ0n) is 20.8. The highest BCUT2D eigenvalue weighted by atomic mass is 19.1. The van der Waals surface area contributed by atoms with E-state index in [0.717, 1.165) is 5.39 Å². The molecule has 1 unspecified atom stereocenters. The van der Waals surface area contributed by atoms with Gasteiger partial charge in [-0.3, -0.25) is 4.79 Å². The van der Waals surface area contributed by atoms with Gasteiger partial charge in [0.2, 0.25) is 0 Å². The van der Waals surface area contributed by atoms with Gasteiger partial charge in [-0.25, -0.2) is 18.7 Å². The fourth-order valence-corrected chi connectivity index (χ4v) is 5.10. The van der Waals surface area contributed by atoms with Crippen molar-refractivity contribution in [3.63, 3.8) is 0 Å². The standard InChI is InChI=1S/C26H25F2N7O3/c1-33-24-20(10-17-19(31-24)6-8-34(26(17)36)12-15(29)11-27)32-25(33)21-9-14-3-4-18(28)23(37-2)22(14)35(21)13-16-5-7-30-38-16/h3-5,7,9-10,15H,6,8,11-13,29H2,1-2H3. The lowest BCUT2D eigenvalue weighted by Gasteiger charge is -2.29. The van der Waals surface area contributed by atoms with Crippen molar-refractivity contribution >= 4 is 28.0 Å². The minimum atomic E-state index is -0.730. The van der Waals surface area contributed by atoms with E-state index >= 15 is 0 Å². The van der Waals surface area contributed by atoms with E-state index < -0.39 is 18.5 Å². The maximum Gasteiger partial charge on any atom is 0.255 e. The second kappa shape index (κ2) is 9.21. The minimum Gasteiger partial charge on any atom is -0.492 e. The molecular weight excluding hydrogens is 496 g/mol. The molecule has 196 valence electrons. The van der Waals surface area contributed by atoms with Crippen LogP contribution < -0.4 is 10.5 Å². The number of ether oxygens (including phenoxy) is 1. The summed E-state index contributed by atoms with van der Waals surface area (Å²) in [6.45, 7) is 0.113. The largest absolute Gasteiger partial charge is 0.492 e. The Morgan fingerprint density at radius 1 is 1.24 bits per heavy atom. The molecule has 0 spiro atoms. The summed E-state index contributed by atoms with van der Waals surface area (Å²) in [4.78, 5) is 24.3. The molecule has 12 heteroatoms. The van der Waals surface area contributed by atoms with Crippen molar-refractivity contribution in [1.29, 1.82) is 0 Å². The molecule has 2 N–H and O–H groups in total. The summed E-state index contributed by atoms with van der Waals surface area (Å²) in [6, 6.07) is 7.67. The number of nitrogens with two attached hydrogens (primary N) is 1. The molecule has 1 aromatic carbocycles. The Balaban J connectivity index is 1.51. The predicted octanol–water partition coefficient (Wildman–Crippen LogP) is 3.07. The molecule has 0 radical (unpaired) electrons. The number of hydrogen-bond acceptors (Lipinski definition) is 7. The van der Waals surface area contributed by atoms with Crippen LogP contribution in [-0.4, -0.2) is 68.0 Å². The Morgan fingerprint density at radius 2 is 2.08 bits per heavy atom. The lowest BCUT2D eigenvalue weighted by Crippen LogP contribution is -2.45. The molecule has 6 rings (SSSR count). The summed E-state index contributed by atoms with van der Waals surface area (Å²) in [7, 11) is 3.27. The number of benzene rings is 1. The predicted molar refractivity (Wildman–Crippen MR) is 135 cm³/mol. The van der Waals surface area contributed by atoms with Gasteiger partial charge < -0.3 is 29.0 Å². The molecule has 5 aromatic rings. The van der Waals surface area contributed by atoms with Crippen molar-refractivity contribution < 1.29 is 22.8 Å². The number of alkyl halides is 1. The molecule has 0 fully saturated rings. The molecule has 1 atom stereocenters. The molecule has 4 aromatic heterocycles. The van der Waals surface area contributed by atoms with Gasteiger partial charge in [0.15, 0.2) is 28.8 Å². The van der Waals surface area contributed by atoms with Gasteiger partial charge in [0.25, 0.3) is 5.91 Å². The van der Waals surface area contributed by atoms with Crippen molar-refractivity contribution in [3.8, 4) is 17.3 Å². The van der Waals surface area contributed by atoms with Gasteiger partial charge in [0, 0.05) is 38.0 Å². The summed E-state index contributed by atoms with van der Waals surface area (Å²) >= 11 is 0. The normalized spacial score (nSPS) is 14.4. The van der Waals surface area contributed by atoms with E-state index in [0.29, 0.717) is 58.2 Å². The number of amides is 1. The fraction of sp³-hybridized carbons (Fsp3) is 0.308. The minimum absolute atomic E-state index is 0.109. The van der Waals surface area contributed by atoms with E-state index in [4.69, 9.17) is 25.0 Å². The van der Waals surface area contributed by atoms with Crippen molar-refractivity contribution in [2.45, 2.75) is 19.0 Å². The smallest absolute Gasteiger partial charge is 0.255 e. The number of methoxy groups -OCH3 is 1. The summed E-state index contributed by atoms with van der Waals surface area (Å²) in [5, 5.41) is 4.55. The number of imidazole rings is 1. The first-order valence-electron chi connectivity index (χ1n) is 12.1. The van der Waals surface area contributed by atoms with Crippen LogP contribution in [0.15, 0.2) is 41.1 Å². The number of carbonyl (C=O) groups excluding carboxylic acids is 1.